The number of carbonyl (C=O) groups is 1. The van der Waals surface area contributed by atoms with Crippen LogP contribution >= 0.6 is 0 Å². The van der Waals surface area contributed by atoms with Gasteiger partial charge in [0.05, 0.1) is 25.2 Å². The Bertz CT molecular complexity index is 865. The summed E-state index contributed by atoms with van der Waals surface area (Å²) in [7, 11) is 3.05. The summed E-state index contributed by atoms with van der Waals surface area (Å²) >= 11 is 0. The molecule has 0 aliphatic carbocycles. The number of hydrogen-bond donors (Lipinski definition) is 0. The third-order valence-electron chi connectivity index (χ3n) is 4.72. The van der Waals surface area contributed by atoms with E-state index < -0.39 is 4.92 Å². The fourth-order valence-corrected chi connectivity index (χ4v) is 3.27. The molecule has 0 atom stereocenters. The maximum absolute atomic E-state index is 12.8. The first kappa shape index (κ1) is 19.6. The number of benzene rings is 2. The molecule has 1 heterocycles. The van der Waals surface area contributed by atoms with Crippen molar-refractivity contribution in [2.75, 3.05) is 45.4 Å². The summed E-state index contributed by atoms with van der Waals surface area (Å²) in [5.74, 6) is -0.163. The molecular formula is C20H23N3O5. The Hall–Kier alpha value is -3.13. The van der Waals surface area contributed by atoms with Gasteiger partial charge in [-0.3, -0.25) is 14.9 Å². The van der Waals surface area contributed by atoms with Crippen LogP contribution in [-0.4, -0.2) is 56.2 Å². The number of ether oxygens (including phenoxy) is 2. The number of anilines is 1. The Kier molecular flexibility index (Phi) is 6.10. The van der Waals surface area contributed by atoms with Crippen molar-refractivity contribution in [2.45, 2.75) is 6.54 Å². The van der Waals surface area contributed by atoms with Crippen molar-refractivity contribution < 1.29 is 19.2 Å². The van der Waals surface area contributed by atoms with Gasteiger partial charge in [-0.25, -0.2) is 0 Å². The Labute approximate surface area is 163 Å². The summed E-state index contributed by atoms with van der Waals surface area (Å²) in [6.45, 7) is 3.36. The molecule has 1 aliphatic rings. The van der Waals surface area contributed by atoms with E-state index in [1.54, 1.807) is 18.0 Å². The first-order chi connectivity index (χ1) is 13.5. The zero-order valence-electron chi connectivity index (χ0n) is 16.0. The number of rotatable bonds is 6. The predicted octanol–water partition coefficient (Wildman–Crippen LogP) is 2.71. The van der Waals surface area contributed by atoms with Crippen molar-refractivity contribution in [3.8, 4) is 5.75 Å². The Balaban J connectivity index is 1.80. The maximum Gasteiger partial charge on any atom is 0.311 e. The van der Waals surface area contributed by atoms with E-state index in [2.05, 4.69) is 4.90 Å². The molecule has 0 radical (unpaired) electrons. The van der Waals surface area contributed by atoms with Gasteiger partial charge in [0.2, 0.25) is 0 Å². The number of carbonyl (C=O) groups excluding carboxylic acids is 1. The normalized spacial score (nSPS) is 13.9. The average Bonchev–Trinajstić information content (AvgIpc) is 2.73. The minimum atomic E-state index is -0.552. The van der Waals surface area contributed by atoms with Crippen LogP contribution in [0.5, 0.6) is 5.75 Å². The highest BCUT2D eigenvalue weighted by atomic mass is 16.6. The highest BCUT2D eigenvalue weighted by Gasteiger charge is 2.21. The van der Waals surface area contributed by atoms with Crippen molar-refractivity contribution in [1.29, 1.82) is 0 Å². The molecule has 148 valence electrons. The van der Waals surface area contributed by atoms with Crippen LogP contribution in [0.25, 0.3) is 0 Å². The lowest BCUT2D eigenvalue weighted by Crippen LogP contribution is -2.37. The van der Waals surface area contributed by atoms with Crippen LogP contribution < -0.4 is 9.64 Å². The molecule has 2 aromatic rings. The van der Waals surface area contributed by atoms with Crippen LogP contribution in [0.4, 0.5) is 11.4 Å². The van der Waals surface area contributed by atoms with Gasteiger partial charge in [0, 0.05) is 44.0 Å². The van der Waals surface area contributed by atoms with E-state index >= 15 is 0 Å². The molecular weight excluding hydrogens is 362 g/mol. The summed E-state index contributed by atoms with van der Waals surface area (Å²) in [5.41, 5.74) is 2.11. The summed E-state index contributed by atoms with van der Waals surface area (Å²) in [4.78, 5) is 27.3. The molecule has 0 saturated carbocycles. The molecule has 0 spiro atoms. The van der Waals surface area contributed by atoms with Gasteiger partial charge in [-0.1, -0.05) is 18.2 Å². The molecule has 8 heteroatoms. The lowest BCUT2D eigenvalue weighted by atomic mass is 10.1. The standard InChI is InChI=1S/C20H23N3O5/c1-21(20(24)15-7-8-19(27-2)18(13-15)23(25)26)14-16-5-3-4-6-17(16)22-9-11-28-12-10-22/h3-8,13H,9-12,14H2,1-2H3. The number of nitro benzene ring substituents is 1. The minimum absolute atomic E-state index is 0.127. The van der Waals surface area contributed by atoms with Crippen molar-refractivity contribution in [1.82, 2.24) is 4.90 Å². The van der Waals surface area contributed by atoms with E-state index in [1.165, 1.54) is 19.2 Å². The number of morpholine rings is 1. The van der Waals surface area contributed by atoms with E-state index in [1.807, 2.05) is 24.3 Å². The van der Waals surface area contributed by atoms with Crippen LogP contribution in [-0.2, 0) is 11.3 Å². The molecule has 1 saturated heterocycles. The number of nitro groups is 1. The second kappa shape index (κ2) is 8.71. The molecule has 28 heavy (non-hydrogen) atoms. The highest BCUT2D eigenvalue weighted by molar-refractivity contribution is 5.95. The molecule has 1 aliphatic heterocycles. The Morgan fingerprint density at radius 3 is 2.64 bits per heavy atom. The summed E-state index contributed by atoms with van der Waals surface area (Å²) in [5, 5.41) is 11.2. The lowest BCUT2D eigenvalue weighted by Gasteiger charge is -2.31. The number of para-hydroxylation sites is 1. The molecule has 0 bridgehead atoms. The van der Waals surface area contributed by atoms with E-state index in [4.69, 9.17) is 9.47 Å². The minimum Gasteiger partial charge on any atom is -0.490 e. The summed E-state index contributed by atoms with van der Waals surface area (Å²) < 4.78 is 10.4. The predicted molar refractivity (Wildman–Crippen MR) is 105 cm³/mol. The highest BCUT2D eigenvalue weighted by Crippen LogP contribution is 2.28. The van der Waals surface area contributed by atoms with Gasteiger partial charge in [-0.05, 0) is 23.8 Å². The van der Waals surface area contributed by atoms with Crippen molar-refractivity contribution >= 4 is 17.3 Å². The fourth-order valence-electron chi connectivity index (χ4n) is 3.27. The average molecular weight is 385 g/mol. The van der Waals surface area contributed by atoms with Gasteiger partial charge in [-0.15, -0.1) is 0 Å². The topological polar surface area (TPSA) is 85.2 Å². The van der Waals surface area contributed by atoms with Crippen molar-refractivity contribution in [3.63, 3.8) is 0 Å². The summed E-state index contributed by atoms with van der Waals surface area (Å²) in [6.07, 6.45) is 0. The zero-order chi connectivity index (χ0) is 20.1. The van der Waals surface area contributed by atoms with Crippen LogP contribution in [0.15, 0.2) is 42.5 Å². The largest absolute Gasteiger partial charge is 0.490 e. The molecule has 3 rings (SSSR count). The molecule has 0 aromatic heterocycles. The van der Waals surface area contributed by atoms with Gasteiger partial charge in [0.1, 0.15) is 0 Å². The fraction of sp³-hybridized carbons (Fsp3) is 0.350. The molecule has 0 unspecified atom stereocenters. The quantitative estimate of drug-likeness (QED) is 0.561. The van der Waals surface area contributed by atoms with Crippen LogP contribution in [0.2, 0.25) is 0 Å². The van der Waals surface area contributed by atoms with Gasteiger partial charge in [0.15, 0.2) is 5.75 Å². The summed E-state index contributed by atoms with van der Waals surface area (Å²) in [6, 6.07) is 12.2. The molecule has 8 nitrogen and oxygen atoms in total. The third kappa shape index (κ3) is 4.23. The molecule has 1 fully saturated rings. The number of methoxy groups -OCH3 is 1. The van der Waals surface area contributed by atoms with E-state index in [-0.39, 0.29) is 22.9 Å². The number of nitrogens with zero attached hydrogens (tertiary/aromatic N) is 3. The third-order valence-corrected chi connectivity index (χ3v) is 4.72. The van der Waals surface area contributed by atoms with Gasteiger partial charge in [-0.2, -0.15) is 0 Å². The monoisotopic (exact) mass is 385 g/mol. The van der Waals surface area contributed by atoms with E-state index in [0.29, 0.717) is 19.8 Å². The number of amides is 1. The zero-order valence-corrected chi connectivity index (χ0v) is 16.0. The SMILES string of the molecule is COc1ccc(C(=O)N(C)Cc2ccccc2N2CCOCC2)cc1[N+](=O)[O-]. The number of hydrogen-bond acceptors (Lipinski definition) is 6. The van der Waals surface area contributed by atoms with Crippen molar-refractivity contribution in [2.24, 2.45) is 0 Å². The first-order valence-electron chi connectivity index (χ1n) is 8.99. The Morgan fingerprint density at radius 1 is 1.25 bits per heavy atom. The van der Waals surface area contributed by atoms with Crippen LogP contribution in [0.1, 0.15) is 15.9 Å². The molecule has 2 aromatic carbocycles. The van der Waals surface area contributed by atoms with Gasteiger partial charge in [0.25, 0.3) is 5.91 Å². The van der Waals surface area contributed by atoms with E-state index in [0.717, 1.165) is 24.3 Å². The smallest absolute Gasteiger partial charge is 0.311 e. The van der Waals surface area contributed by atoms with Crippen molar-refractivity contribution in [3.05, 3.63) is 63.7 Å². The van der Waals surface area contributed by atoms with Crippen LogP contribution in [0, 0.1) is 10.1 Å². The second-order valence-electron chi connectivity index (χ2n) is 6.53. The Morgan fingerprint density at radius 2 is 1.96 bits per heavy atom. The van der Waals surface area contributed by atoms with E-state index in [9.17, 15) is 14.9 Å². The van der Waals surface area contributed by atoms with Crippen LogP contribution in [0.3, 0.4) is 0 Å². The van der Waals surface area contributed by atoms with Gasteiger partial charge < -0.3 is 19.3 Å². The second-order valence-corrected chi connectivity index (χ2v) is 6.53. The van der Waals surface area contributed by atoms with Gasteiger partial charge >= 0.3 is 5.69 Å². The maximum atomic E-state index is 12.8. The lowest BCUT2D eigenvalue weighted by molar-refractivity contribution is -0.385. The molecule has 1 amide bonds. The first-order valence-corrected chi connectivity index (χ1v) is 8.99. The molecule has 0 N–H and O–H groups in total.